The summed E-state index contributed by atoms with van der Waals surface area (Å²) < 4.78 is 10.3. The summed E-state index contributed by atoms with van der Waals surface area (Å²) in [6, 6.07) is 12.9. The number of hydrogen-bond donors (Lipinski definition) is 3. The van der Waals surface area contributed by atoms with Gasteiger partial charge in [0.15, 0.2) is 5.11 Å². The van der Waals surface area contributed by atoms with E-state index in [4.69, 9.17) is 21.7 Å². The van der Waals surface area contributed by atoms with E-state index in [1.807, 2.05) is 37.3 Å². The van der Waals surface area contributed by atoms with Gasteiger partial charge in [0.1, 0.15) is 11.5 Å². The van der Waals surface area contributed by atoms with Crippen LogP contribution in [-0.4, -0.2) is 25.2 Å². The predicted octanol–water partition coefficient (Wildman–Crippen LogP) is 2.32. The van der Waals surface area contributed by atoms with Crippen molar-refractivity contribution < 1.29 is 14.3 Å². The lowest BCUT2D eigenvalue weighted by Crippen LogP contribution is -2.46. The third-order valence-electron chi connectivity index (χ3n) is 3.57. The van der Waals surface area contributed by atoms with E-state index in [0.29, 0.717) is 23.0 Å². The van der Waals surface area contributed by atoms with Gasteiger partial charge in [-0.2, -0.15) is 0 Å². The highest BCUT2D eigenvalue weighted by Crippen LogP contribution is 2.18. The van der Waals surface area contributed by atoms with Gasteiger partial charge in [0.2, 0.25) is 0 Å². The van der Waals surface area contributed by atoms with Gasteiger partial charge in [-0.05, 0) is 54.5 Å². The minimum absolute atomic E-state index is 0.299. The number of benzene rings is 2. The van der Waals surface area contributed by atoms with Gasteiger partial charge in [0, 0.05) is 12.1 Å². The molecule has 0 aliphatic heterocycles. The van der Waals surface area contributed by atoms with Gasteiger partial charge >= 0.3 is 0 Å². The van der Waals surface area contributed by atoms with Crippen LogP contribution in [0.15, 0.2) is 42.5 Å². The molecule has 132 valence electrons. The molecular formula is C18H21N3O3S. The standard InChI is InChI=1S/C18H21N3O3S/c1-12-4-7-14(10-16(12)24-3)17(22)20-21-18(25)19-11-13-5-8-15(23-2)9-6-13/h4-10H,11H2,1-3H3,(H,20,22)(H2,19,21,25). The van der Waals surface area contributed by atoms with Crippen molar-refractivity contribution in [3.8, 4) is 11.5 Å². The Morgan fingerprint density at radius 2 is 1.76 bits per heavy atom. The molecule has 2 rings (SSSR count). The maximum atomic E-state index is 12.1. The molecular weight excluding hydrogens is 338 g/mol. The molecule has 0 radical (unpaired) electrons. The van der Waals surface area contributed by atoms with E-state index in [9.17, 15) is 4.79 Å². The minimum Gasteiger partial charge on any atom is -0.497 e. The molecule has 6 nitrogen and oxygen atoms in total. The third-order valence-corrected chi connectivity index (χ3v) is 3.82. The molecule has 0 unspecified atom stereocenters. The number of nitrogens with one attached hydrogen (secondary N) is 3. The highest BCUT2D eigenvalue weighted by atomic mass is 32.1. The monoisotopic (exact) mass is 359 g/mol. The van der Waals surface area contributed by atoms with Gasteiger partial charge in [0.05, 0.1) is 14.2 Å². The molecule has 2 aromatic carbocycles. The van der Waals surface area contributed by atoms with Crippen LogP contribution in [0.3, 0.4) is 0 Å². The second-order valence-electron chi connectivity index (χ2n) is 5.29. The number of amides is 1. The zero-order chi connectivity index (χ0) is 18.2. The number of thiocarbonyl (C=S) groups is 1. The average molecular weight is 359 g/mol. The normalized spacial score (nSPS) is 9.88. The van der Waals surface area contributed by atoms with E-state index >= 15 is 0 Å². The first-order valence-electron chi connectivity index (χ1n) is 7.65. The Kier molecular flexibility index (Phi) is 6.59. The van der Waals surface area contributed by atoms with Gasteiger partial charge < -0.3 is 14.8 Å². The molecule has 0 saturated carbocycles. The Balaban J connectivity index is 1.81. The smallest absolute Gasteiger partial charge is 0.269 e. The highest BCUT2D eigenvalue weighted by Gasteiger charge is 2.08. The van der Waals surface area contributed by atoms with E-state index in [1.165, 1.54) is 0 Å². The lowest BCUT2D eigenvalue weighted by molar-refractivity contribution is 0.0943. The Morgan fingerprint density at radius 1 is 1.04 bits per heavy atom. The SMILES string of the molecule is COc1ccc(CNC(=S)NNC(=O)c2ccc(C)c(OC)c2)cc1. The van der Waals surface area contributed by atoms with Crippen molar-refractivity contribution in [1.82, 2.24) is 16.2 Å². The van der Waals surface area contributed by atoms with Gasteiger partial charge in [0.25, 0.3) is 5.91 Å². The summed E-state index contributed by atoms with van der Waals surface area (Å²) in [5, 5.41) is 3.34. The molecule has 1 amide bonds. The molecule has 0 bridgehead atoms. The fraction of sp³-hybridized carbons (Fsp3) is 0.222. The molecule has 0 aliphatic carbocycles. The maximum absolute atomic E-state index is 12.1. The number of carbonyl (C=O) groups is 1. The molecule has 0 aromatic heterocycles. The number of methoxy groups -OCH3 is 2. The minimum atomic E-state index is -0.299. The molecule has 0 fully saturated rings. The van der Waals surface area contributed by atoms with Crippen molar-refractivity contribution in [1.29, 1.82) is 0 Å². The zero-order valence-corrected chi connectivity index (χ0v) is 15.2. The third kappa shape index (κ3) is 5.36. The molecule has 0 atom stereocenters. The van der Waals surface area contributed by atoms with Crippen LogP contribution in [0.2, 0.25) is 0 Å². The summed E-state index contributed by atoms with van der Waals surface area (Å²) in [7, 11) is 3.19. The first-order valence-corrected chi connectivity index (χ1v) is 8.06. The number of aryl methyl sites for hydroxylation is 1. The summed E-state index contributed by atoms with van der Waals surface area (Å²) in [4.78, 5) is 12.1. The quantitative estimate of drug-likeness (QED) is 0.562. The predicted molar refractivity (Wildman–Crippen MR) is 101 cm³/mol. The van der Waals surface area contributed by atoms with E-state index < -0.39 is 0 Å². The topological polar surface area (TPSA) is 71.6 Å². The molecule has 7 heteroatoms. The lowest BCUT2D eigenvalue weighted by atomic mass is 10.1. The van der Waals surface area contributed by atoms with Gasteiger partial charge in [-0.15, -0.1) is 0 Å². The van der Waals surface area contributed by atoms with Crippen molar-refractivity contribution in [3.63, 3.8) is 0 Å². The highest BCUT2D eigenvalue weighted by molar-refractivity contribution is 7.80. The second-order valence-corrected chi connectivity index (χ2v) is 5.70. The van der Waals surface area contributed by atoms with Crippen molar-refractivity contribution in [2.45, 2.75) is 13.5 Å². The van der Waals surface area contributed by atoms with E-state index in [0.717, 1.165) is 16.9 Å². The van der Waals surface area contributed by atoms with Gasteiger partial charge in [-0.3, -0.25) is 15.6 Å². The van der Waals surface area contributed by atoms with Gasteiger partial charge in [-0.25, -0.2) is 0 Å². The van der Waals surface area contributed by atoms with Crippen LogP contribution in [0.25, 0.3) is 0 Å². The number of hydrogen-bond acceptors (Lipinski definition) is 4. The van der Waals surface area contributed by atoms with Crippen LogP contribution in [0.4, 0.5) is 0 Å². The Hall–Kier alpha value is -2.80. The van der Waals surface area contributed by atoms with E-state index in [2.05, 4.69) is 16.2 Å². The Labute approximate surface area is 152 Å². The number of hydrazine groups is 1. The molecule has 0 spiro atoms. The summed E-state index contributed by atoms with van der Waals surface area (Å²) in [6.45, 7) is 2.45. The first-order chi connectivity index (χ1) is 12.0. The molecule has 0 aliphatic rings. The summed E-state index contributed by atoms with van der Waals surface area (Å²) >= 11 is 5.15. The first kappa shape index (κ1) is 18.5. The summed E-state index contributed by atoms with van der Waals surface area (Å²) in [6.07, 6.45) is 0. The largest absolute Gasteiger partial charge is 0.497 e. The number of carbonyl (C=O) groups excluding carboxylic acids is 1. The molecule has 0 heterocycles. The number of rotatable bonds is 5. The molecule has 3 N–H and O–H groups in total. The fourth-order valence-electron chi connectivity index (χ4n) is 2.12. The second kappa shape index (κ2) is 8.89. The molecule has 2 aromatic rings. The summed E-state index contributed by atoms with van der Waals surface area (Å²) in [5.74, 6) is 1.16. The molecule has 0 saturated heterocycles. The number of ether oxygens (including phenoxy) is 2. The van der Waals surface area contributed by atoms with Crippen molar-refractivity contribution >= 4 is 23.2 Å². The van der Waals surface area contributed by atoms with E-state index in [-0.39, 0.29) is 5.91 Å². The lowest BCUT2D eigenvalue weighted by Gasteiger charge is -2.12. The maximum Gasteiger partial charge on any atom is 0.269 e. The van der Waals surface area contributed by atoms with Crippen LogP contribution < -0.4 is 25.6 Å². The van der Waals surface area contributed by atoms with Crippen molar-refractivity contribution in [3.05, 3.63) is 59.2 Å². The van der Waals surface area contributed by atoms with E-state index in [1.54, 1.807) is 26.4 Å². The van der Waals surface area contributed by atoms with Crippen molar-refractivity contribution in [2.75, 3.05) is 14.2 Å². The Bertz CT molecular complexity index is 748. The Morgan fingerprint density at radius 3 is 2.40 bits per heavy atom. The molecule has 25 heavy (non-hydrogen) atoms. The van der Waals surface area contributed by atoms with Crippen LogP contribution in [0.5, 0.6) is 11.5 Å². The van der Waals surface area contributed by atoms with Crippen LogP contribution in [0, 0.1) is 6.92 Å². The average Bonchev–Trinajstić information content (AvgIpc) is 2.65. The van der Waals surface area contributed by atoms with Crippen LogP contribution in [0.1, 0.15) is 21.5 Å². The van der Waals surface area contributed by atoms with Crippen LogP contribution >= 0.6 is 12.2 Å². The fourth-order valence-corrected chi connectivity index (χ4v) is 2.24. The van der Waals surface area contributed by atoms with Crippen LogP contribution in [-0.2, 0) is 6.54 Å². The zero-order valence-electron chi connectivity index (χ0n) is 14.4. The summed E-state index contributed by atoms with van der Waals surface area (Å²) in [5.41, 5.74) is 7.72. The van der Waals surface area contributed by atoms with Crippen molar-refractivity contribution in [2.24, 2.45) is 0 Å². The van der Waals surface area contributed by atoms with Gasteiger partial charge in [-0.1, -0.05) is 18.2 Å².